The first kappa shape index (κ1) is 29.2. The first-order valence-electron chi connectivity index (χ1n) is 13.1. The number of nitrogens with one attached hydrogen (secondary N) is 1. The third kappa shape index (κ3) is 7.02. The number of amides is 1. The van der Waals surface area contributed by atoms with E-state index in [0.29, 0.717) is 48.6 Å². The monoisotopic (exact) mass is 581 g/mol. The zero-order chi connectivity index (χ0) is 27.5. The number of hydrogen-bond donors (Lipinski definition) is 1. The molecule has 1 N–H and O–H groups in total. The average molecular weight is 583 g/mol. The summed E-state index contributed by atoms with van der Waals surface area (Å²) in [6, 6.07) is 13.2. The number of carbonyl (C=O) groups excluding carboxylic acids is 1. The van der Waals surface area contributed by atoms with E-state index in [9.17, 15) is 13.2 Å². The van der Waals surface area contributed by atoms with Crippen LogP contribution in [0.3, 0.4) is 0 Å². The Balaban J connectivity index is 1.55. The second kappa shape index (κ2) is 12.1. The van der Waals surface area contributed by atoms with Crippen LogP contribution < -0.4 is 10.1 Å². The Labute approximate surface area is 236 Å². The maximum atomic E-state index is 14.1. The maximum Gasteiger partial charge on any atom is 0.230 e. The quantitative estimate of drug-likeness (QED) is 0.432. The zero-order valence-corrected chi connectivity index (χ0v) is 24.6. The van der Waals surface area contributed by atoms with Crippen LogP contribution in [-0.2, 0) is 20.2 Å². The Hall–Kier alpha value is -1.84. The number of carbonyl (C=O) groups is 1. The van der Waals surface area contributed by atoms with Crippen molar-refractivity contribution >= 4 is 39.1 Å². The predicted molar refractivity (Wildman–Crippen MR) is 153 cm³/mol. The van der Waals surface area contributed by atoms with Gasteiger partial charge >= 0.3 is 0 Å². The third-order valence-corrected chi connectivity index (χ3v) is 9.90. The lowest BCUT2D eigenvalue weighted by molar-refractivity contribution is -0.127. The van der Waals surface area contributed by atoms with Gasteiger partial charge in [0.25, 0.3) is 0 Å². The van der Waals surface area contributed by atoms with Gasteiger partial charge in [-0.3, -0.25) is 4.79 Å². The highest BCUT2D eigenvalue weighted by Crippen LogP contribution is 2.42. The predicted octanol–water partition coefficient (Wildman–Crippen LogP) is 4.88. The molecule has 208 valence electrons. The minimum atomic E-state index is -3.22. The number of benzene rings is 2. The molecule has 1 aliphatic carbocycles. The summed E-state index contributed by atoms with van der Waals surface area (Å²) in [5.41, 5.74) is 1.00. The van der Waals surface area contributed by atoms with Crippen molar-refractivity contribution in [3.8, 4) is 5.75 Å². The molecular weight excluding hydrogens is 545 g/mol. The van der Waals surface area contributed by atoms with E-state index in [-0.39, 0.29) is 11.9 Å². The standard InChI is InChI=1S/C28H37Cl2N3O4S/c1-28(22-9-12-24(29)25(30)19-22,13-16-32-14-4-15-33(18-17-32)38(3,35)36)27(34)31-26(20-5-6-20)21-7-10-23(37-2)11-8-21/h7-12,19-20,26H,4-6,13-18H2,1-3H3,(H,31,34). The van der Waals surface area contributed by atoms with Crippen LogP contribution in [0.1, 0.15) is 49.8 Å². The molecule has 4 rings (SSSR count). The second-order valence-electron chi connectivity index (χ2n) is 10.6. The van der Waals surface area contributed by atoms with Crippen LogP contribution in [-0.4, -0.2) is 69.6 Å². The Morgan fingerprint density at radius 1 is 1.08 bits per heavy atom. The molecule has 0 radical (unpaired) electrons. The van der Waals surface area contributed by atoms with Gasteiger partial charge in [-0.2, -0.15) is 0 Å². The van der Waals surface area contributed by atoms with Crippen molar-refractivity contribution in [3.63, 3.8) is 0 Å². The van der Waals surface area contributed by atoms with Crippen LogP contribution in [0.4, 0.5) is 0 Å². The molecule has 10 heteroatoms. The van der Waals surface area contributed by atoms with Crippen LogP contribution in [0.5, 0.6) is 5.75 Å². The van der Waals surface area contributed by atoms with Gasteiger partial charge in [0.15, 0.2) is 0 Å². The smallest absolute Gasteiger partial charge is 0.230 e. The van der Waals surface area contributed by atoms with E-state index >= 15 is 0 Å². The van der Waals surface area contributed by atoms with Crippen molar-refractivity contribution in [2.75, 3.05) is 46.1 Å². The fraction of sp³-hybridized carbons (Fsp3) is 0.536. The Morgan fingerprint density at radius 2 is 1.79 bits per heavy atom. The van der Waals surface area contributed by atoms with E-state index in [1.165, 1.54) is 10.6 Å². The summed E-state index contributed by atoms with van der Waals surface area (Å²) in [7, 11) is -1.58. The molecule has 1 heterocycles. The average Bonchev–Trinajstić information content (AvgIpc) is 3.74. The molecule has 1 amide bonds. The molecule has 2 fully saturated rings. The highest BCUT2D eigenvalue weighted by molar-refractivity contribution is 7.88. The van der Waals surface area contributed by atoms with E-state index in [4.69, 9.17) is 27.9 Å². The van der Waals surface area contributed by atoms with Gasteiger partial charge in [-0.25, -0.2) is 12.7 Å². The molecule has 1 saturated carbocycles. The summed E-state index contributed by atoms with van der Waals surface area (Å²) in [6.45, 7) is 4.99. The fourth-order valence-corrected chi connectivity index (χ4v) is 6.30. The number of halogens is 2. The molecule has 2 aromatic rings. The Kier molecular flexibility index (Phi) is 9.30. The number of sulfonamides is 1. The van der Waals surface area contributed by atoms with Crippen LogP contribution in [0, 0.1) is 5.92 Å². The maximum absolute atomic E-state index is 14.1. The zero-order valence-electron chi connectivity index (χ0n) is 22.3. The molecule has 7 nitrogen and oxygen atoms in total. The summed E-state index contributed by atoms with van der Waals surface area (Å²) >= 11 is 12.6. The van der Waals surface area contributed by atoms with Crippen molar-refractivity contribution in [1.82, 2.24) is 14.5 Å². The highest BCUT2D eigenvalue weighted by atomic mass is 35.5. The summed E-state index contributed by atoms with van der Waals surface area (Å²) in [6.07, 6.45) is 4.71. The van der Waals surface area contributed by atoms with Gasteiger partial charge in [-0.1, -0.05) is 41.4 Å². The minimum Gasteiger partial charge on any atom is -0.497 e. The lowest BCUT2D eigenvalue weighted by Gasteiger charge is -2.34. The van der Waals surface area contributed by atoms with Gasteiger partial charge in [0.1, 0.15) is 5.75 Å². The van der Waals surface area contributed by atoms with E-state index in [2.05, 4.69) is 10.2 Å². The van der Waals surface area contributed by atoms with Gasteiger partial charge in [-0.05, 0) is 87.0 Å². The largest absolute Gasteiger partial charge is 0.497 e. The van der Waals surface area contributed by atoms with Crippen molar-refractivity contribution < 1.29 is 17.9 Å². The molecular formula is C28H37Cl2N3O4S. The minimum absolute atomic E-state index is 0.0591. The third-order valence-electron chi connectivity index (χ3n) is 7.86. The van der Waals surface area contributed by atoms with Crippen molar-refractivity contribution in [2.24, 2.45) is 5.92 Å². The van der Waals surface area contributed by atoms with Gasteiger partial charge in [0.05, 0.1) is 34.9 Å². The summed E-state index contributed by atoms with van der Waals surface area (Å²) in [5, 5.41) is 4.23. The number of nitrogens with zero attached hydrogens (tertiary/aromatic N) is 2. The second-order valence-corrected chi connectivity index (χ2v) is 13.4. The van der Waals surface area contributed by atoms with Crippen LogP contribution in [0.25, 0.3) is 0 Å². The van der Waals surface area contributed by atoms with Crippen LogP contribution in [0.2, 0.25) is 10.0 Å². The van der Waals surface area contributed by atoms with Gasteiger partial charge < -0.3 is 15.0 Å². The lowest BCUT2D eigenvalue weighted by Crippen LogP contribution is -2.46. The van der Waals surface area contributed by atoms with Crippen LogP contribution >= 0.6 is 23.2 Å². The first-order valence-corrected chi connectivity index (χ1v) is 15.7. The number of hydrogen-bond acceptors (Lipinski definition) is 5. The summed E-state index contributed by atoms with van der Waals surface area (Å²) < 4.78 is 30.9. The number of ether oxygens (including phenoxy) is 1. The molecule has 2 atom stereocenters. The molecule has 0 spiro atoms. The molecule has 0 aromatic heterocycles. The van der Waals surface area contributed by atoms with E-state index in [1.807, 2.05) is 37.3 Å². The summed E-state index contributed by atoms with van der Waals surface area (Å²) in [4.78, 5) is 16.4. The molecule has 38 heavy (non-hydrogen) atoms. The van der Waals surface area contributed by atoms with E-state index < -0.39 is 15.4 Å². The van der Waals surface area contributed by atoms with Gasteiger partial charge in [0, 0.05) is 19.6 Å². The molecule has 2 aromatic carbocycles. The number of rotatable bonds is 10. The van der Waals surface area contributed by atoms with Gasteiger partial charge in [-0.15, -0.1) is 0 Å². The van der Waals surface area contributed by atoms with Crippen molar-refractivity contribution in [2.45, 2.75) is 44.1 Å². The Bertz CT molecular complexity index is 1240. The molecule has 1 aliphatic heterocycles. The normalized spacial score (nSPS) is 19.8. The lowest BCUT2D eigenvalue weighted by atomic mass is 9.78. The Morgan fingerprint density at radius 3 is 2.39 bits per heavy atom. The molecule has 0 bridgehead atoms. The highest BCUT2D eigenvalue weighted by Gasteiger charge is 2.40. The van der Waals surface area contributed by atoms with Gasteiger partial charge in [0.2, 0.25) is 15.9 Å². The molecule has 1 saturated heterocycles. The topological polar surface area (TPSA) is 79.0 Å². The van der Waals surface area contributed by atoms with Crippen molar-refractivity contribution in [3.05, 3.63) is 63.6 Å². The molecule has 2 unspecified atom stereocenters. The first-order chi connectivity index (χ1) is 18.0. The van der Waals surface area contributed by atoms with Crippen LogP contribution in [0.15, 0.2) is 42.5 Å². The van der Waals surface area contributed by atoms with Crippen molar-refractivity contribution in [1.29, 1.82) is 0 Å². The summed E-state index contributed by atoms with van der Waals surface area (Å²) in [5.74, 6) is 1.12. The fourth-order valence-electron chi connectivity index (χ4n) is 5.13. The van der Waals surface area contributed by atoms with E-state index in [0.717, 1.165) is 42.7 Å². The van der Waals surface area contributed by atoms with E-state index in [1.54, 1.807) is 19.2 Å². The molecule has 2 aliphatic rings. The number of methoxy groups -OCH3 is 1. The SMILES string of the molecule is COc1ccc(C(NC(=O)C(C)(CCN2CCCN(S(C)(=O)=O)CC2)c2ccc(Cl)c(Cl)c2)C2CC2)cc1.